The van der Waals surface area contributed by atoms with Gasteiger partial charge in [-0.05, 0) is 32.4 Å². The number of aromatic nitrogens is 2. The SMILES string of the molecule is CCOC(=O)c1nc(OC(CC)C(=O)OCC)c2ccccc2n1. The van der Waals surface area contributed by atoms with Gasteiger partial charge in [-0.25, -0.2) is 14.6 Å². The third-order valence-corrected chi connectivity index (χ3v) is 3.20. The lowest BCUT2D eigenvalue weighted by Gasteiger charge is -2.16. The molecule has 1 aromatic heterocycles. The smallest absolute Gasteiger partial charge is 0.376 e. The minimum absolute atomic E-state index is 0.107. The summed E-state index contributed by atoms with van der Waals surface area (Å²) >= 11 is 0. The number of hydrogen-bond acceptors (Lipinski definition) is 7. The van der Waals surface area contributed by atoms with Gasteiger partial charge >= 0.3 is 11.9 Å². The minimum Gasteiger partial charge on any atom is -0.463 e. The Kier molecular flexibility index (Phi) is 6.06. The van der Waals surface area contributed by atoms with E-state index < -0.39 is 18.0 Å². The van der Waals surface area contributed by atoms with E-state index in [1.165, 1.54) is 0 Å². The fourth-order valence-corrected chi connectivity index (χ4v) is 2.09. The molecule has 1 heterocycles. The molecule has 0 aliphatic carbocycles. The maximum atomic E-state index is 12.0. The highest BCUT2D eigenvalue weighted by molar-refractivity contribution is 5.91. The Morgan fingerprint density at radius 3 is 2.42 bits per heavy atom. The molecule has 2 aromatic rings. The highest BCUT2D eigenvalue weighted by Gasteiger charge is 2.23. The fraction of sp³-hybridized carbons (Fsp3) is 0.412. The molecule has 0 N–H and O–H groups in total. The zero-order valence-corrected chi connectivity index (χ0v) is 13.9. The monoisotopic (exact) mass is 332 g/mol. The molecule has 1 unspecified atom stereocenters. The van der Waals surface area contributed by atoms with Crippen molar-refractivity contribution in [3.8, 4) is 5.88 Å². The first-order chi connectivity index (χ1) is 11.6. The molecular weight excluding hydrogens is 312 g/mol. The van der Waals surface area contributed by atoms with E-state index in [0.29, 0.717) is 17.3 Å². The molecule has 0 fully saturated rings. The summed E-state index contributed by atoms with van der Waals surface area (Å²) in [5.74, 6) is -1.06. The van der Waals surface area contributed by atoms with Crippen LogP contribution in [0.2, 0.25) is 0 Å². The normalized spacial score (nSPS) is 11.8. The predicted molar refractivity (Wildman–Crippen MR) is 86.8 cm³/mol. The van der Waals surface area contributed by atoms with Crippen LogP contribution >= 0.6 is 0 Å². The highest BCUT2D eigenvalue weighted by Crippen LogP contribution is 2.24. The number of hydrogen-bond donors (Lipinski definition) is 0. The molecule has 0 aliphatic rings. The summed E-state index contributed by atoms with van der Waals surface area (Å²) in [6.45, 7) is 5.70. The number of carbonyl (C=O) groups excluding carboxylic acids is 2. The maximum absolute atomic E-state index is 12.0. The van der Waals surface area contributed by atoms with Crippen LogP contribution in [-0.4, -0.2) is 41.2 Å². The van der Waals surface area contributed by atoms with Gasteiger partial charge in [0.15, 0.2) is 6.10 Å². The van der Waals surface area contributed by atoms with E-state index in [1.54, 1.807) is 45.0 Å². The van der Waals surface area contributed by atoms with Gasteiger partial charge in [0.25, 0.3) is 0 Å². The first kappa shape index (κ1) is 17.7. The van der Waals surface area contributed by atoms with Crippen molar-refractivity contribution in [2.24, 2.45) is 0 Å². The Hall–Kier alpha value is -2.70. The molecule has 0 spiro atoms. The molecule has 0 aliphatic heterocycles. The van der Waals surface area contributed by atoms with Crippen LogP contribution in [0.3, 0.4) is 0 Å². The van der Waals surface area contributed by atoms with Gasteiger partial charge in [0.2, 0.25) is 11.7 Å². The molecule has 128 valence electrons. The average Bonchev–Trinajstić information content (AvgIpc) is 2.59. The van der Waals surface area contributed by atoms with E-state index in [1.807, 2.05) is 0 Å². The van der Waals surface area contributed by atoms with Gasteiger partial charge in [-0.3, -0.25) is 0 Å². The van der Waals surface area contributed by atoms with Crippen LogP contribution in [0.25, 0.3) is 10.9 Å². The van der Waals surface area contributed by atoms with Gasteiger partial charge in [0, 0.05) is 0 Å². The number of rotatable bonds is 7. The Labute approximate surface area is 140 Å². The summed E-state index contributed by atoms with van der Waals surface area (Å²) in [6.07, 6.45) is -0.398. The van der Waals surface area contributed by atoms with E-state index in [9.17, 15) is 9.59 Å². The second-order valence-corrected chi connectivity index (χ2v) is 4.86. The second kappa shape index (κ2) is 8.24. The van der Waals surface area contributed by atoms with Crippen LogP contribution in [0, 0.1) is 0 Å². The number of fused-ring (bicyclic) bond motifs is 1. The molecular formula is C17H20N2O5. The number of benzene rings is 1. The van der Waals surface area contributed by atoms with Gasteiger partial charge in [-0.2, -0.15) is 4.98 Å². The second-order valence-electron chi connectivity index (χ2n) is 4.86. The Morgan fingerprint density at radius 2 is 1.75 bits per heavy atom. The van der Waals surface area contributed by atoms with E-state index in [-0.39, 0.29) is 24.9 Å². The quantitative estimate of drug-likeness (QED) is 0.720. The summed E-state index contributed by atoms with van der Waals surface area (Å²) in [5.41, 5.74) is 0.532. The van der Waals surface area contributed by atoms with Crippen molar-refractivity contribution >= 4 is 22.8 Å². The number of nitrogens with zero attached hydrogens (tertiary/aromatic N) is 2. The molecule has 2 rings (SSSR count). The van der Waals surface area contributed by atoms with Crippen molar-refractivity contribution < 1.29 is 23.8 Å². The summed E-state index contributed by atoms with van der Waals surface area (Å²) < 4.78 is 15.7. The van der Waals surface area contributed by atoms with Gasteiger partial charge in [0.1, 0.15) is 0 Å². The average molecular weight is 332 g/mol. The zero-order valence-electron chi connectivity index (χ0n) is 13.9. The van der Waals surface area contributed by atoms with Crippen molar-refractivity contribution in [2.75, 3.05) is 13.2 Å². The number of esters is 2. The molecule has 1 atom stereocenters. The molecule has 1 aromatic carbocycles. The summed E-state index contributed by atoms with van der Waals surface area (Å²) in [4.78, 5) is 32.2. The van der Waals surface area contributed by atoms with Gasteiger partial charge < -0.3 is 14.2 Å². The van der Waals surface area contributed by atoms with Crippen LogP contribution in [0.5, 0.6) is 5.88 Å². The first-order valence-electron chi connectivity index (χ1n) is 7.87. The number of para-hydroxylation sites is 1. The van der Waals surface area contributed by atoms with E-state index in [4.69, 9.17) is 14.2 Å². The molecule has 0 radical (unpaired) electrons. The lowest BCUT2D eigenvalue weighted by atomic mass is 10.2. The predicted octanol–water partition coefficient (Wildman–Crippen LogP) is 2.53. The van der Waals surface area contributed by atoms with Crippen LogP contribution in [0.4, 0.5) is 0 Å². The Bertz CT molecular complexity index is 732. The third kappa shape index (κ3) is 3.98. The lowest BCUT2D eigenvalue weighted by Crippen LogP contribution is -2.29. The standard InChI is InChI=1S/C17H20N2O5/c1-4-13(16(20)22-5-2)24-15-11-9-7-8-10-12(11)18-14(19-15)17(21)23-6-3/h7-10,13H,4-6H2,1-3H3. The molecule has 0 amide bonds. The molecule has 0 saturated heterocycles. The van der Waals surface area contributed by atoms with Crippen LogP contribution in [0.1, 0.15) is 37.8 Å². The Balaban J connectivity index is 2.43. The maximum Gasteiger partial charge on any atom is 0.376 e. The van der Waals surface area contributed by atoms with Gasteiger partial charge in [-0.15, -0.1) is 0 Å². The minimum atomic E-state index is -0.807. The Morgan fingerprint density at radius 1 is 1.04 bits per heavy atom. The topological polar surface area (TPSA) is 87.6 Å². The van der Waals surface area contributed by atoms with Crippen LogP contribution < -0.4 is 4.74 Å². The largest absolute Gasteiger partial charge is 0.463 e. The summed E-state index contributed by atoms with van der Waals surface area (Å²) in [5, 5.41) is 0.605. The third-order valence-electron chi connectivity index (χ3n) is 3.20. The number of carbonyl (C=O) groups is 2. The molecule has 24 heavy (non-hydrogen) atoms. The van der Waals surface area contributed by atoms with Crippen molar-refractivity contribution in [2.45, 2.75) is 33.3 Å². The molecule has 7 nitrogen and oxygen atoms in total. The van der Waals surface area contributed by atoms with Crippen molar-refractivity contribution in [1.82, 2.24) is 9.97 Å². The van der Waals surface area contributed by atoms with E-state index in [2.05, 4.69) is 9.97 Å². The lowest BCUT2D eigenvalue weighted by molar-refractivity contribution is -0.151. The van der Waals surface area contributed by atoms with Crippen molar-refractivity contribution in [3.05, 3.63) is 30.1 Å². The van der Waals surface area contributed by atoms with Gasteiger partial charge in [0.05, 0.1) is 24.1 Å². The molecule has 0 bridgehead atoms. The van der Waals surface area contributed by atoms with Crippen molar-refractivity contribution in [3.63, 3.8) is 0 Å². The van der Waals surface area contributed by atoms with Crippen LogP contribution in [0.15, 0.2) is 24.3 Å². The highest BCUT2D eigenvalue weighted by atomic mass is 16.6. The fourth-order valence-electron chi connectivity index (χ4n) is 2.09. The molecule has 7 heteroatoms. The zero-order chi connectivity index (χ0) is 17.5. The van der Waals surface area contributed by atoms with Crippen molar-refractivity contribution in [1.29, 1.82) is 0 Å². The first-order valence-corrected chi connectivity index (χ1v) is 7.87. The van der Waals surface area contributed by atoms with E-state index >= 15 is 0 Å². The summed E-state index contributed by atoms with van der Waals surface area (Å²) in [7, 11) is 0. The van der Waals surface area contributed by atoms with E-state index in [0.717, 1.165) is 0 Å². The van der Waals surface area contributed by atoms with Crippen LogP contribution in [-0.2, 0) is 14.3 Å². The molecule has 0 saturated carbocycles. The summed E-state index contributed by atoms with van der Waals surface area (Å²) in [6, 6.07) is 7.08. The number of ether oxygens (including phenoxy) is 3. The van der Waals surface area contributed by atoms with Gasteiger partial charge in [-0.1, -0.05) is 19.1 Å².